The van der Waals surface area contributed by atoms with Crippen LogP contribution >= 0.6 is 0 Å². The first-order chi connectivity index (χ1) is 14.3. The fourth-order valence-electron chi connectivity index (χ4n) is 4.59. The van der Waals surface area contributed by atoms with E-state index in [9.17, 15) is 24.3 Å². The topological polar surface area (TPSA) is 119 Å². The number of piperidine rings is 2. The Balaban J connectivity index is 1.53. The first-order valence-corrected chi connectivity index (χ1v) is 10.3. The molecule has 160 valence electrons. The first-order valence-electron chi connectivity index (χ1n) is 10.3. The summed E-state index contributed by atoms with van der Waals surface area (Å²) in [5.41, 5.74) is 0.645. The number of carbonyl (C=O) groups is 4. The maximum atomic E-state index is 13.2. The second kappa shape index (κ2) is 7.90. The Morgan fingerprint density at radius 3 is 2.57 bits per heavy atom. The van der Waals surface area contributed by atoms with Crippen LogP contribution in [0.5, 0.6) is 0 Å². The van der Waals surface area contributed by atoms with E-state index in [1.54, 1.807) is 12.1 Å². The monoisotopic (exact) mass is 414 g/mol. The standard InChI is InChI=1S/C21H26N4O5/c1-22-12-21(30)7-9-24(10-8-21)11-13-3-2-4-14-17(13)20(29)25(19(14)28)15-5-6-16(26)23-18(15)27/h2-4,15,22,30H,5-12H2,1H3,(H,23,26,27). The molecule has 0 bridgehead atoms. The van der Waals surface area contributed by atoms with Gasteiger partial charge in [-0.05, 0) is 37.9 Å². The molecule has 4 amide bonds. The van der Waals surface area contributed by atoms with Gasteiger partial charge in [0.1, 0.15) is 6.04 Å². The Kier molecular flexibility index (Phi) is 5.44. The number of likely N-dealkylation sites (tertiary alicyclic amines) is 1. The van der Waals surface area contributed by atoms with Gasteiger partial charge in [0, 0.05) is 32.6 Å². The summed E-state index contributed by atoms with van der Waals surface area (Å²) in [6.07, 6.45) is 1.48. The normalized spacial score (nSPS) is 24.2. The third-order valence-electron chi connectivity index (χ3n) is 6.24. The van der Waals surface area contributed by atoms with Crippen LogP contribution in [0.2, 0.25) is 0 Å². The van der Waals surface area contributed by atoms with Crippen molar-refractivity contribution in [3.05, 3.63) is 34.9 Å². The van der Waals surface area contributed by atoms with Crippen LogP contribution < -0.4 is 10.6 Å². The first kappa shape index (κ1) is 20.6. The molecule has 0 radical (unpaired) electrons. The third kappa shape index (κ3) is 3.64. The van der Waals surface area contributed by atoms with Gasteiger partial charge in [-0.25, -0.2) is 0 Å². The summed E-state index contributed by atoms with van der Waals surface area (Å²) < 4.78 is 0. The number of fused-ring (bicyclic) bond motifs is 1. The number of aliphatic hydroxyl groups is 1. The number of imide groups is 2. The van der Waals surface area contributed by atoms with E-state index < -0.39 is 35.3 Å². The Hall–Kier alpha value is -2.62. The van der Waals surface area contributed by atoms with Gasteiger partial charge in [0.2, 0.25) is 11.8 Å². The molecule has 9 nitrogen and oxygen atoms in total. The minimum atomic E-state index is -0.963. The molecule has 4 rings (SSSR count). The molecular weight excluding hydrogens is 388 g/mol. The van der Waals surface area contributed by atoms with Crippen LogP contribution in [0.15, 0.2) is 18.2 Å². The van der Waals surface area contributed by atoms with E-state index in [0.717, 1.165) is 10.5 Å². The maximum Gasteiger partial charge on any atom is 0.262 e. The number of amides is 4. The average molecular weight is 414 g/mol. The third-order valence-corrected chi connectivity index (χ3v) is 6.24. The molecule has 30 heavy (non-hydrogen) atoms. The van der Waals surface area contributed by atoms with Gasteiger partial charge in [0.25, 0.3) is 11.8 Å². The molecule has 1 aromatic rings. The smallest absolute Gasteiger partial charge is 0.262 e. The fraction of sp³-hybridized carbons (Fsp3) is 0.524. The van der Waals surface area contributed by atoms with Gasteiger partial charge < -0.3 is 10.4 Å². The number of likely N-dealkylation sites (N-methyl/N-ethyl adjacent to an activating group) is 1. The quantitative estimate of drug-likeness (QED) is 0.563. The molecule has 1 atom stereocenters. The van der Waals surface area contributed by atoms with Crippen LogP contribution in [0.1, 0.15) is 52.0 Å². The Labute approximate surface area is 174 Å². The lowest BCUT2D eigenvalue weighted by atomic mass is 9.91. The fourth-order valence-corrected chi connectivity index (χ4v) is 4.59. The summed E-state index contributed by atoms with van der Waals surface area (Å²) in [6, 6.07) is 4.21. The molecule has 2 fully saturated rings. The molecule has 0 aromatic heterocycles. The van der Waals surface area contributed by atoms with Gasteiger partial charge in [-0.2, -0.15) is 0 Å². The van der Waals surface area contributed by atoms with Crippen LogP contribution in [0.3, 0.4) is 0 Å². The summed E-state index contributed by atoms with van der Waals surface area (Å²) >= 11 is 0. The number of nitrogens with one attached hydrogen (secondary N) is 2. The highest BCUT2D eigenvalue weighted by Gasteiger charge is 2.45. The van der Waals surface area contributed by atoms with Crippen molar-refractivity contribution in [2.24, 2.45) is 0 Å². The number of hydrogen-bond acceptors (Lipinski definition) is 7. The van der Waals surface area contributed by atoms with Gasteiger partial charge in [-0.15, -0.1) is 0 Å². The predicted octanol–water partition coefficient (Wildman–Crippen LogP) is -0.366. The van der Waals surface area contributed by atoms with Gasteiger partial charge in [0.05, 0.1) is 16.7 Å². The molecule has 1 aromatic carbocycles. The van der Waals surface area contributed by atoms with E-state index in [2.05, 4.69) is 15.5 Å². The second-order valence-corrected chi connectivity index (χ2v) is 8.32. The Morgan fingerprint density at radius 2 is 1.90 bits per heavy atom. The highest BCUT2D eigenvalue weighted by molar-refractivity contribution is 6.24. The lowest BCUT2D eigenvalue weighted by molar-refractivity contribution is -0.136. The maximum absolute atomic E-state index is 13.2. The summed E-state index contributed by atoms with van der Waals surface area (Å²) in [4.78, 5) is 52.9. The van der Waals surface area contributed by atoms with Gasteiger partial charge in [-0.3, -0.25) is 34.3 Å². The minimum absolute atomic E-state index is 0.0972. The lowest BCUT2D eigenvalue weighted by Crippen LogP contribution is -2.54. The Morgan fingerprint density at radius 1 is 1.17 bits per heavy atom. The van der Waals surface area contributed by atoms with Crippen LogP contribution in [-0.2, 0) is 16.1 Å². The predicted molar refractivity (Wildman–Crippen MR) is 107 cm³/mol. The van der Waals surface area contributed by atoms with Crippen LogP contribution in [-0.4, -0.2) is 76.9 Å². The van der Waals surface area contributed by atoms with E-state index in [0.29, 0.717) is 50.1 Å². The van der Waals surface area contributed by atoms with E-state index in [4.69, 9.17) is 0 Å². The largest absolute Gasteiger partial charge is 0.388 e. The zero-order chi connectivity index (χ0) is 21.5. The highest BCUT2D eigenvalue weighted by atomic mass is 16.3. The van der Waals surface area contributed by atoms with Crippen molar-refractivity contribution in [1.82, 2.24) is 20.4 Å². The molecular formula is C21H26N4O5. The zero-order valence-electron chi connectivity index (χ0n) is 16.9. The van der Waals surface area contributed by atoms with Crippen molar-refractivity contribution in [2.45, 2.75) is 43.9 Å². The SMILES string of the molecule is CNCC1(O)CCN(Cc2cccc3c2C(=O)N(C2CCC(=O)NC2=O)C3=O)CC1. The van der Waals surface area contributed by atoms with Crippen molar-refractivity contribution < 1.29 is 24.3 Å². The number of benzene rings is 1. The van der Waals surface area contributed by atoms with Crippen molar-refractivity contribution in [1.29, 1.82) is 0 Å². The van der Waals surface area contributed by atoms with E-state index in [1.807, 2.05) is 13.1 Å². The molecule has 3 heterocycles. The second-order valence-electron chi connectivity index (χ2n) is 8.32. The number of hydrogen-bond donors (Lipinski definition) is 3. The van der Waals surface area contributed by atoms with Crippen LogP contribution in [0.4, 0.5) is 0 Å². The molecule has 0 spiro atoms. The van der Waals surface area contributed by atoms with E-state index >= 15 is 0 Å². The van der Waals surface area contributed by atoms with Crippen molar-refractivity contribution in [2.75, 3.05) is 26.7 Å². The van der Waals surface area contributed by atoms with Gasteiger partial charge in [-0.1, -0.05) is 12.1 Å². The molecule has 0 saturated carbocycles. The van der Waals surface area contributed by atoms with Crippen LogP contribution in [0.25, 0.3) is 0 Å². The molecule has 1 unspecified atom stereocenters. The van der Waals surface area contributed by atoms with Crippen molar-refractivity contribution >= 4 is 23.6 Å². The summed E-state index contributed by atoms with van der Waals surface area (Å²) in [7, 11) is 1.81. The minimum Gasteiger partial charge on any atom is -0.388 e. The molecule has 9 heteroatoms. The van der Waals surface area contributed by atoms with E-state index in [-0.39, 0.29) is 12.8 Å². The van der Waals surface area contributed by atoms with E-state index in [1.165, 1.54) is 0 Å². The van der Waals surface area contributed by atoms with Gasteiger partial charge in [0.15, 0.2) is 0 Å². The molecule has 0 aliphatic carbocycles. The molecule has 3 aliphatic heterocycles. The summed E-state index contributed by atoms with van der Waals surface area (Å²) in [6.45, 7) is 2.39. The molecule has 2 saturated heterocycles. The molecule has 3 aliphatic rings. The molecule has 3 N–H and O–H groups in total. The zero-order valence-corrected chi connectivity index (χ0v) is 16.9. The number of carbonyl (C=O) groups excluding carboxylic acids is 4. The summed E-state index contributed by atoms with van der Waals surface area (Å²) in [5.74, 6) is -1.98. The lowest BCUT2D eigenvalue weighted by Gasteiger charge is -2.38. The van der Waals surface area contributed by atoms with Crippen LogP contribution in [0, 0.1) is 0 Å². The van der Waals surface area contributed by atoms with Crippen molar-refractivity contribution in [3.8, 4) is 0 Å². The Bertz CT molecular complexity index is 907. The average Bonchev–Trinajstić information content (AvgIpc) is 2.96. The van der Waals surface area contributed by atoms with Gasteiger partial charge >= 0.3 is 0 Å². The number of nitrogens with zero attached hydrogens (tertiary/aromatic N) is 2. The highest BCUT2D eigenvalue weighted by Crippen LogP contribution is 2.31. The summed E-state index contributed by atoms with van der Waals surface area (Å²) in [5, 5.41) is 15.8. The number of rotatable bonds is 5. The van der Waals surface area contributed by atoms with Crippen molar-refractivity contribution in [3.63, 3.8) is 0 Å².